The maximum Gasteiger partial charge on any atom is 0.236 e. The van der Waals surface area contributed by atoms with Gasteiger partial charge in [0.2, 0.25) is 5.91 Å². The van der Waals surface area contributed by atoms with Crippen LogP contribution in [0.1, 0.15) is 32.0 Å². The quantitative estimate of drug-likeness (QED) is 0.751. The second-order valence-corrected chi connectivity index (χ2v) is 6.66. The third-order valence-electron chi connectivity index (χ3n) is 4.96. The molecule has 0 unspecified atom stereocenters. The average Bonchev–Trinajstić information content (AvgIpc) is 3.28. The Balaban J connectivity index is 1.48. The lowest BCUT2D eigenvalue weighted by Gasteiger charge is -2.26. The molecule has 1 aliphatic heterocycles. The molecule has 0 aromatic carbocycles. The van der Waals surface area contributed by atoms with Gasteiger partial charge in [-0.2, -0.15) is 0 Å². The number of hydrogen-bond donors (Lipinski definition) is 0. The van der Waals surface area contributed by atoms with Crippen molar-refractivity contribution in [1.29, 1.82) is 0 Å². The van der Waals surface area contributed by atoms with E-state index in [4.69, 9.17) is 0 Å². The van der Waals surface area contributed by atoms with Crippen LogP contribution < -0.4 is 0 Å². The van der Waals surface area contributed by atoms with Gasteiger partial charge in [0.05, 0.1) is 13.1 Å². The zero-order chi connectivity index (χ0) is 16.2. The summed E-state index contributed by atoms with van der Waals surface area (Å²) >= 11 is 0. The number of hydrogen-bond acceptors (Lipinski definition) is 5. The molecule has 6 heteroatoms. The summed E-state index contributed by atoms with van der Waals surface area (Å²) in [5.74, 6) is 1.12. The van der Waals surface area contributed by atoms with Crippen LogP contribution in [-0.2, 0) is 11.3 Å². The van der Waals surface area contributed by atoms with E-state index in [1.54, 1.807) is 12.4 Å². The first kappa shape index (κ1) is 16.3. The molecule has 1 aliphatic carbocycles. The highest BCUT2D eigenvalue weighted by molar-refractivity contribution is 5.78. The first-order valence-corrected chi connectivity index (χ1v) is 8.65. The van der Waals surface area contributed by atoms with Gasteiger partial charge in [-0.15, -0.1) is 0 Å². The molecule has 126 valence electrons. The summed E-state index contributed by atoms with van der Waals surface area (Å²) < 4.78 is 0. The molecule has 23 heavy (non-hydrogen) atoms. The largest absolute Gasteiger partial charge is 0.340 e. The summed E-state index contributed by atoms with van der Waals surface area (Å²) in [6.07, 6.45) is 7.09. The molecule has 3 rings (SSSR count). The number of likely N-dealkylation sites (N-methyl/N-ethyl adjacent to an activating group) is 2. The molecule has 2 aliphatic rings. The molecule has 1 amide bonds. The molecule has 0 N–H and O–H groups in total. The van der Waals surface area contributed by atoms with Gasteiger partial charge in [-0.25, -0.2) is 9.97 Å². The highest BCUT2D eigenvalue weighted by atomic mass is 16.2. The first-order valence-electron chi connectivity index (χ1n) is 8.65. The molecule has 0 bridgehead atoms. The van der Waals surface area contributed by atoms with Gasteiger partial charge in [0, 0.05) is 37.6 Å². The van der Waals surface area contributed by atoms with Crippen molar-refractivity contribution in [3.05, 3.63) is 24.3 Å². The van der Waals surface area contributed by atoms with Crippen molar-refractivity contribution >= 4 is 5.91 Å². The van der Waals surface area contributed by atoms with E-state index >= 15 is 0 Å². The van der Waals surface area contributed by atoms with Gasteiger partial charge < -0.3 is 4.90 Å². The summed E-state index contributed by atoms with van der Waals surface area (Å²) in [6.45, 7) is 6.12. The van der Waals surface area contributed by atoms with Crippen molar-refractivity contribution in [2.45, 2.75) is 44.8 Å². The van der Waals surface area contributed by atoms with Gasteiger partial charge in [-0.3, -0.25) is 14.6 Å². The monoisotopic (exact) mass is 317 g/mol. The van der Waals surface area contributed by atoms with Crippen LogP contribution in [0.2, 0.25) is 0 Å². The minimum absolute atomic E-state index is 0.283. The van der Waals surface area contributed by atoms with Crippen molar-refractivity contribution in [1.82, 2.24) is 24.7 Å². The van der Waals surface area contributed by atoms with Gasteiger partial charge in [0.15, 0.2) is 0 Å². The number of rotatable bonds is 7. The van der Waals surface area contributed by atoms with E-state index in [9.17, 15) is 4.79 Å². The van der Waals surface area contributed by atoms with Crippen LogP contribution in [0.25, 0.3) is 0 Å². The maximum atomic E-state index is 12.5. The second-order valence-electron chi connectivity index (χ2n) is 6.66. The van der Waals surface area contributed by atoms with Crippen LogP contribution >= 0.6 is 0 Å². The molecule has 1 aromatic heterocycles. The Morgan fingerprint density at radius 2 is 2.00 bits per heavy atom. The first-order chi connectivity index (χ1) is 11.2. The zero-order valence-corrected chi connectivity index (χ0v) is 14.2. The lowest BCUT2D eigenvalue weighted by atomic mass is 10.2. The van der Waals surface area contributed by atoms with E-state index in [1.165, 1.54) is 12.8 Å². The Bertz CT molecular complexity index is 519. The lowest BCUT2D eigenvalue weighted by Crippen LogP contribution is -2.42. The lowest BCUT2D eigenvalue weighted by molar-refractivity contribution is -0.131. The molecule has 1 saturated carbocycles. The van der Waals surface area contributed by atoms with Crippen molar-refractivity contribution in [2.24, 2.45) is 0 Å². The van der Waals surface area contributed by atoms with Crippen LogP contribution in [-0.4, -0.2) is 75.9 Å². The number of amides is 1. The SMILES string of the molecule is CCN(CC(=O)N1CC[C@H](N(C)Cc2ncccn2)C1)C1CC1. The number of aromatic nitrogens is 2. The fraction of sp³-hybridized carbons (Fsp3) is 0.706. The van der Waals surface area contributed by atoms with Crippen LogP contribution in [0.3, 0.4) is 0 Å². The van der Waals surface area contributed by atoms with E-state index in [0.29, 0.717) is 18.6 Å². The normalized spacial score (nSPS) is 21.4. The Kier molecular flexibility index (Phi) is 5.23. The van der Waals surface area contributed by atoms with Crippen LogP contribution in [0, 0.1) is 0 Å². The van der Waals surface area contributed by atoms with Gasteiger partial charge in [-0.1, -0.05) is 6.92 Å². The molecule has 1 atom stereocenters. The number of carbonyl (C=O) groups is 1. The van der Waals surface area contributed by atoms with Crippen LogP contribution in [0.15, 0.2) is 18.5 Å². The summed E-state index contributed by atoms with van der Waals surface area (Å²) in [5, 5.41) is 0. The topological polar surface area (TPSA) is 52.6 Å². The molecule has 2 fully saturated rings. The third-order valence-corrected chi connectivity index (χ3v) is 4.96. The molecular formula is C17H27N5O. The maximum absolute atomic E-state index is 12.5. The van der Waals surface area contributed by atoms with E-state index < -0.39 is 0 Å². The Labute approximate surface area is 138 Å². The molecule has 0 spiro atoms. The number of nitrogens with zero attached hydrogens (tertiary/aromatic N) is 5. The van der Waals surface area contributed by atoms with E-state index in [0.717, 1.165) is 38.4 Å². The van der Waals surface area contributed by atoms with Crippen LogP contribution in [0.4, 0.5) is 0 Å². The molecule has 0 radical (unpaired) electrons. The van der Waals surface area contributed by atoms with Crippen molar-refractivity contribution in [3.63, 3.8) is 0 Å². The fourth-order valence-electron chi connectivity index (χ4n) is 3.30. The van der Waals surface area contributed by atoms with Gasteiger partial charge in [-0.05, 0) is 38.9 Å². The van der Waals surface area contributed by atoms with Crippen LogP contribution in [0.5, 0.6) is 0 Å². The highest BCUT2D eigenvalue weighted by Gasteiger charge is 2.33. The van der Waals surface area contributed by atoms with E-state index in [-0.39, 0.29) is 5.91 Å². The molecular weight excluding hydrogens is 290 g/mol. The minimum Gasteiger partial charge on any atom is -0.340 e. The smallest absolute Gasteiger partial charge is 0.236 e. The fourth-order valence-corrected chi connectivity index (χ4v) is 3.30. The van der Waals surface area contributed by atoms with Gasteiger partial charge in [0.25, 0.3) is 0 Å². The van der Waals surface area contributed by atoms with Crippen molar-refractivity contribution in [2.75, 3.05) is 33.2 Å². The summed E-state index contributed by atoms with van der Waals surface area (Å²) in [5.41, 5.74) is 0. The Morgan fingerprint density at radius 1 is 1.26 bits per heavy atom. The predicted molar refractivity (Wildman–Crippen MR) is 88.8 cm³/mol. The highest BCUT2D eigenvalue weighted by Crippen LogP contribution is 2.26. The molecule has 2 heterocycles. The third kappa shape index (κ3) is 4.26. The molecule has 1 aromatic rings. The van der Waals surface area contributed by atoms with Crippen molar-refractivity contribution < 1.29 is 4.79 Å². The zero-order valence-electron chi connectivity index (χ0n) is 14.2. The van der Waals surface area contributed by atoms with Gasteiger partial charge >= 0.3 is 0 Å². The summed E-state index contributed by atoms with van der Waals surface area (Å²) in [7, 11) is 2.09. The number of carbonyl (C=O) groups excluding carboxylic acids is 1. The molecule has 6 nitrogen and oxygen atoms in total. The van der Waals surface area contributed by atoms with E-state index in [1.807, 2.05) is 11.0 Å². The summed E-state index contributed by atoms with van der Waals surface area (Å²) in [6, 6.07) is 2.89. The predicted octanol–water partition coefficient (Wildman–Crippen LogP) is 0.994. The van der Waals surface area contributed by atoms with Gasteiger partial charge in [0.1, 0.15) is 5.82 Å². The Morgan fingerprint density at radius 3 is 2.65 bits per heavy atom. The Hall–Kier alpha value is -1.53. The second kappa shape index (κ2) is 7.36. The van der Waals surface area contributed by atoms with E-state index in [2.05, 4.69) is 33.7 Å². The average molecular weight is 317 g/mol. The number of likely N-dealkylation sites (tertiary alicyclic amines) is 1. The standard InChI is InChI=1S/C17H27N5O/c1-3-21(14-5-6-14)13-17(23)22-10-7-15(11-22)20(2)12-16-18-8-4-9-19-16/h4,8-9,14-15H,3,5-7,10-13H2,1-2H3/t15-/m0/s1. The minimum atomic E-state index is 0.283. The van der Waals surface area contributed by atoms with Crippen molar-refractivity contribution in [3.8, 4) is 0 Å². The summed E-state index contributed by atoms with van der Waals surface area (Å²) in [4.78, 5) is 27.7. The molecule has 1 saturated heterocycles.